The van der Waals surface area contributed by atoms with E-state index in [2.05, 4.69) is 19.1 Å². The Balaban J connectivity index is 1.67. The summed E-state index contributed by atoms with van der Waals surface area (Å²) in [5.74, 6) is 1.06. The Morgan fingerprint density at radius 1 is 1.07 bits per heavy atom. The van der Waals surface area contributed by atoms with Crippen molar-refractivity contribution in [1.82, 2.24) is 0 Å². The highest BCUT2D eigenvalue weighted by atomic mass is 16.7. The fourth-order valence-electron chi connectivity index (χ4n) is 4.18. The quantitative estimate of drug-likeness (QED) is 0.430. The maximum Gasteiger partial charge on any atom is 0.306 e. The van der Waals surface area contributed by atoms with Crippen LogP contribution in [0.4, 0.5) is 0 Å². The minimum Gasteiger partial charge on any atom is -0.465 e. The first-order valence-electron chi connectivity index (χ1n) is 10.8. The molecule has 2 aliphatic rings. The van der Waals surface area contributed by atoms with E-state index in [-0.39, 0.29) is 24.3 Å². The standard InChI is InChI=1S/C23H34O4/c1-2-3-4-15-22(24)26-20-13-7-5-11-18(20)19-12-6-8-14-21(19)27-23-16-9-10-17-25-23/h6,8,12,14,18,20,23H,2-5,7,9-11,13,15-17H2,1H3/t18-,20+,23?/m0/s1. The van der Waals surface area contributed by atoms with Gasteiger partial charge < -0.3 is 14.2 Å². The van der Waals surface area contributed by atoms with Crippen LogP contribution in [0.1, 0.15) is 89.0 Å². The maximum absolute atomic E-state index is 12.3. The molecule has 2 fully saturated rings. The zero-order valence-electron chi connectivity index (χ0n) is 16.7. The van der Waals surface area contributed by atoms with Crippen LogP contribution in [0.3, 0.4) is 0 Å². The van der Waals surface area contributed by atoms with E-state index in [9.17, 15) is 4.79 Å². The molecule has 3 rings (SSSR count). The molecule has 4 heteroatoms. The zero-order valence-corrected chi connectivity index (χ0v) is 16.7. The molecule has 0 aromatic heterocycles. The van der Waals surface area contributed by atoms with Gasteiger partial charge in [-0.25, -0.2) is 0 Å². The molecule has 1 saturated carbocycles. The van der Waals surface area contributed by atoms with Crippen molar-refractivity contribution in [3.8, 4) is 5.75 Å². The monoisotopic (exact) mass is 374 g/mol. The van der Waals surface area contributed by atoms with Gasteiger partial charge in [0.1, 0.15) is 11.9 Å². The smallest absolute Gasteiger partial charge is 0.306 e. The first kappa shape index (κ1) is 20.2. The Labute approximate surface area is 163 Å². The van der Waals surface area contributed by atoms with Crippen molar-refractivity contribution in [2.75, 3.05) is 6.61 Å². The molecule has 1 aromatic rings. The molecule has 1 aromatic carbocycles. The van der Waals surface area contributed by atoms with E-state index in [1.54, 1.807) is 0 Å². The van der Waals surface area contributed by atoms with Crippen LogP contribution in [0.25, 0.3) is 0 Å². The number of carbonyl (C=O) groups is 1. The molecule has 4 nitrogen and oxygen atoms in total. The van der Waals surface area contributed by atoms with Crippen LogP contribution in [0, 0.1) is 0 Å². The Hall–Kier alpha value is -1.55. The number of hydrogen-bond acceptors (Lipinski definition) is 4. The van der Waals surface area contributed by atoms with Crippen LogP contribution < -0.4 is 4.74 Å². The van der Waals surface area contributed by atoms with Gasteiger partial charge in [0.05, 0.1) is 6.61 Å². The van der Waals surface area contributed by atoms with E-state index in [1.807, 2.05) is 12.1 Å². The third-order valence-corrected chi connectivity index (χ3v) is 5.68. The summed E-state index contributed by atoms with van der Waals surface area (Å²) in [7, 11) is 0. The average molecular weight is 375 g/mol. The fraction of sp³-hybridized carbons (Fsp3) is 0.696. The lowest BCUT2D eigenvalue weighted by molar-refractivity contribution is -0.151. The summed E-state index contributed by atoms with van der Waals surface area (Å²) < 4.78 is 17.9. The number of unbranched alkanes of at least 4 members (excludes halogenated alkanes) is 2. The SMILES string of the molecule is CCCCCC(=O)O[C@@H]1CCCC[C@H]1c1ccccc1OC1CCCCO1. The number of para-hydroxylation sites is 1. The van der Waals surface area contributed by atoms with Crippen LogP contribution in [-0.4, -0.2) is 25.0 Å². The summed E-state index contributed by atoms with van der Waals surface area (Å²) in [5.41, 5.74) is 1.16. The summed E-state index contributed by atoms with van der Waals surface area (Å²) >= 11 is 0. The van der Waals surface area contributed by atoms with Crippen LogP contribution >= 0.6 is 0 Å². The summed E-state index contributed by atoms with van der Waals surface area (Å²) in [4.78, 5) is 12.3. The zero-order chi connectivity index (χ0) is 18.9. The van der Waals surface area contributed by atoms with Crippen LogP contribution in [0.5, 0.6) is 5.75 Å². The Bertz CT molecular complexity index is 579. The predicted octanol–water partition coefficient (Wildman–Crippen LogP) is 5.74. The molecule has 27 heavy (non-hydrogen) atoms. The first-order valence-corrected chi connectivity index (χ1v) is 10.8. The van der Waals surface area contributed by atoms with Crippen LogP contribution in [0.2, 0.25) is 0 Å². The number of ether oxygens (including phenoxy) is 3. The second kappa shape index (κ2) is 10.7. The maximum atomic E-state index is 12.3. The normalized spacial score (nSPS) is 25.7. The molecule has 1 heterocycles. The van der Waals surface area contributed by atoms with Gasteiger partial charge in [-0.1, -0.05) is 44.4 Å². The summed E-state index contributed by atoms with van der Waals surface area (Å²) in [6.45, 7) is 2.92. The summed E-state index contributed by atoms with van der Waals surface area (Å²) in [6.07, 6.45) is 10.9. The van der Waals surface area contributed by atoms with Crippen molar-refractivity contribution in [3.05, 3.63) is 29.8 Å². The van der Waals surface area contributed by atoms with E-state index in [0.29, 0.717) is 6.42 Å². The van der Waals surface area contributed by atoms with Gasteiger partial charge in [-0.15, -0.1) is 0 Å². The van der Waals surface area contributed by atoms with E-state index in [0.717, 1.165) is 75.7 Å². The third kappa shape index (κ3) is 5.97. The van der Waals surface area contributed by atoms with Crippen molar-refractivity contribution in [2.45, 2.75) is 95.9 Å². The lowest BCUT2D eigenvalue weighted by Crippen LogP contribution is -2.30. The van der Waals surface area contributed by atoms with Gasteiger partial charge in [0, 0.05) is 24.3 Å². The molecule has 1 saturated heterocycles. The lowest BCUT2D eigenvalue weighted by atomic mass is 9.81. The second-order valence-corrected chi connectivity index (χ2v) is 7.83. The highest BCUT2D eigenvalue weighted by Gasteiger charge is 2.32. The van der Waals surface area contributed by atoms with Gasteiger partial charge >= 0.3 is 5.97 Å². The summed E-state index contributed by atoms with van der Waals surface area (Å²) in [5, 5.41) is 0. The lowest BCUT2D eigenvalue weighted by Gasteiger charge is -2.33. The fourth-order valence-corrected chi connectivity index (χ4v) is 4.18. The highest BCUT2D eigenvalue weighted by Crippen LogP contribution is 2.40. The predicted molar refractivity (Wildman–Crippen MR) is 106 cm³/mol. The molecule has 0 N–H and O–H groups in total. The highest BCUT2D eigenvalue weighted by molar-refractivity contribution is 5.69. The van der Waals surface area contributed by atoms with Gasteiger partial charge in [-0.05, 0) is 44.6 Å². The topological polar surface area (TPSA) is 44.8 Å². The Morgan fingerprint density at radius 3 is 2.70 bits per heavy atom. The molecular formula is C23H34O4. The first-order chi connectivity index (χ1) is 13.3. The molecule has 0 amide bonds. The van der Waals surface area contributed by atoms with Gasteiger partial charge in [0.25, 0.3) is 0 Å². The van der Waals surface area contributed by atoms with Crippen molar-refractivity contribution < 1.29 is 19.0 Å². The number of carbonyl (C=O) groups excluding carboxylic acids is 1. The number of rotatable bonds is 8. The minimum absolute atomic E-state index is 0.0371. The van der Waals surface area contributed by atoms with Gasteiger partial charge in [-0.3, -0.25) is 4.79 Å². The molecular weight excluding hydrogens is 340 g/mol. The van der Waals surface area contributed by atoms with E-state index in [1.165, 1.54) is 6.42 Å². The molecule has 3 atom stereocenters. The largest absolute Gasteiger partial charge is 0.465 e. The minimum atomic E-state index is -0.154. The Kier molecular flexibility index (Phi) is 8.00. The second-order valence-electron chi connectivity index (χ2n) is 7.83. The Morgan fingerprint density at radius 2 is 1.89 bits per heavy atom. The van der Waals surface area contributed by atoms with Crippen molar-refractivity contribution in [1.29, 1.82) is 0 Å². The molecule has 0 spiro atoms. The molecule has 150 valence electrons. The third-order valence-electron chi connectivity index (χ3n) is 5.68. The molecule has 0 radical (unpaired) electrons. The van der Waals surface area contributed by atoms with Crippen LogP contribution in [-0.2, 0) is 14.3 Å². The van der Waals surface area contributed by atoms with Crippen molar-refractivity contribution >= 4 is 5.97 Å². The molecule has 1 aliphatic carbocycles. The summed E-state index contributed by atoms with van der Waals surface area (Å²) in [6, 6.07) is 8.23. The van der Waals surface area contributed by atoms with Crippen molar-refractivity contribution in [3.63, 3.8) is 0 Å². The van der Waals surface area contributed by atoms with E-state index >= 15 is 0 Å². The molecule has 1 unspecified atom stereocenters. The van der Waals surface area contributed by atoms with E-state index in [4.69, 9.17) is 14.2 Å². The van der Waals surface area contributed by atoms with Crippen molar-refractivity contribution in [2.24, 2.45) is 0 Å². The van der Waals surface area contributed by atoms with E-state index < -0.39 is 0 Å². The van der Waals surface area contributed by atoms with Crippen LogP contribution in [0.15, 0.2) is 24.3 Å². The number of benzene rings is 1. The van der Waals surface area contributed by atoms with Gasteiger partial charge in [0.2, 0.25) is 0 Å². The van der Waals surface area contributed by atoms with Gasteiger partial charge in [0.15, 0.2) is 6.29 Å². The average Bonchev–Trinajstić information content (AvgIpc) is 2.70. The van der Waals surface area contributed by atoms with Gasteiger partial charge in [-0.2, -0.15) is 0 Å². The molecule has 1 aliphatic heterocycles. The number of hydrogen-bond donors (Lipinski definition) is 0. The number of esters is 1. The molecule has 0 bridgehead atoms.